The molecule has 0 amide bonds. The largest absolute Gasteiger partial charge is 0.478 e. The van der Waals surface area contributed by atoms with Crippen LogP contribution in [0.1, 0.15) is 12.6 Å². The van der Waals surface area contributed by atoms with Gasteiger partial charge in [-0.3, -0.25) is 9.97 Å². The average molecular weight is 164 g/mol. The number of carbonyl (C=O) groups is 1. The van der Waals surface area contributed by atoms with Gasteiger partial charge < -0.3 is 5.11 Å². The van der Waals surface area contributed by atoms with E-state index >= 15 is 0 Å². The topological polar surface area (TPSA) is 63.1 Å². The Bertz CT molecular complexity index is 306. The zero-order valence-corrected chi connectivity index (χ0v) is 6.56. The van der Waals surface area contributed by atoms with Gasteiger partial charge in [-0.15, -0.1) is 0 Å². The highest BCUT2D eigenvalue weighted by Gasteiger charge is 1.98. The third kappa shape index (κ3) is 2.16. The van der Waals surface area contributed by atoms with Crippen LogP contribution in [-0.4, -0.2) is 21.0 Å². The molecule has 0 aliphatic rings. The van der Waals surface area contributed by atoms with Crippen molar-refractivity contribution < 1.29 is 9.90 Å². The predicted molar refractivity (Wildman–Crippen MR) is 43.3 cm³/mol. The lowest BCUT2D eigenvalue weighted by atomic mass is 10.2. The summed E-state index contributed by atoms with van der Waals surface area (Å²) in [6, 6.07) is 0. The molecule has 0 atom stereocenters. The van der Waals surface area contributed by atoms with E-state index < -0.39 is 5.97 Å². The van der Waals surface area contributed by atoms with E-state index in [0.29, 0.717) is 11.3 Å². The van der Waals surface area contributed by atoms with Gasteiger partial charge >= 0.3 is 5.97 Å². The molecular formula is C8H8N2O2. The minimum Gasteiger partial charge on any atom is -0.478 e. The van der Waals surface area contributed by atoms with Gasteiger partial charge in [-0.1, -0.05) is 0 Å². The van der Waals surface area contributed by atoms with Crippen LogP contribution in [0.3, 0.4) is 0 Å². The van der Waals surface area contributed by atoms with E-state index in [1.807, 2.05) is 0 Å². The molecule has 1 aromatic heterocycles. The first kappa shape index (κ1) is 8.39. The van der Waals surface area contributed by atoms with Crippen LogP contribution >= 0.6 is 0 Å². The van der Waals surface area contributed by atoms with Gasteiger partial charge in [0.05, 0.1) is 11.9 Å². The van der Waals surface area contributed by atoms with E-state index in [4.69, 9.17) is 5.11 Å². The van der Waals surface area contributed by atoms with Crippen LogP contribution in [-0.2, 0) is 4.79 Å². The SMILES string of the molecule is CC(=CC(=O)O)c1cnccn1. The first-order valence-corrected chi connectivity index (χ1v) is 3.38. The maximum absolute atomic E-state index is 10.3. The smallest absolute Gasteiger partial charge is 0.328 e. The average Bonchev–Trinajstić information content (AvgIpc) is 2.05. The second-order valence-electron chi connectivity index (χ2n) is 2.26. The zero-order chi connectivity index (χ0) is 8.97. The molecule has 0 fully saturated rings. The van der Waals surface area contributed by atoms with Crippen LogP contribution in [0.15, 0.2) is 24.7 Å². The zero-order valence-electron chi connectivity index (χ0n) is 6.56. The van der Waals surface area contributed by atoms with Crippen molar-refractivity contribution in [1.82, 2.24) is 9.97 Å². The number of rotatable bonds is 2. The Morgan fingerprint density at radius 1 is 1.58 bits per heavy atom. The molecular weight excluding hydrogens is 156 g/mol. The van der Waals surface area contributed by atoms with Crippen molar-refractivity contribution in [3.8, 4) is 0 Å². The third-order valence-corrected chi connectivity index (χ3v) is 1.31. The van der Waals surface area contributed by atoms with Gasteiger partial charge in [-0.2, -0.15) is 0 Å². The molecule has 0 unspecified atom stereocenters. The highest BCUT2D eigenvalue weighted by Crippen LogP contribution is 2.07. The van der Waals surface area contributed by atoms with Crippen LogP contribution in [0.25, 0.3) is 5.57 Å². The maximum Gasteiger partial charge on any atom is 0.328 e. The van der Waals surface area contributed by atoms with Crippen molar-refractivity contribution in [2.24, 2.45) is 0 Å². The van der Waals surface area contributed by atoms with E-state index in [9.17, 15) is 4.79 Å². The highest BCUT2D eigenvalue weighted by atomic mass is 16.4. The quantitative estimate of drug-likeness (QED) is 0.661. The summed E-state index contributed by atoms with van der Waals surface area (Å²) >= 11 is 0. The Labute approximate surface area is 69.6 Å². The van der Waals surface area contributed by atoms with Crippen molar-refractivity contribution in [1.29, 1.82) is 0 Å². The summed E-state index contributed by atoms with van der Waals surface area (Å²) in [6.45, 7) is 1.68. The Morgan fingerprint density at radius 3 is 2.83 bits per heavy atom. The van der Waals surface area contributed by atoms with Gasteiger partial charge in [0, 0.05) is 18.5 Å². The molecule has 1 heterocycles. The molecule has 4 nitrogen and oxygen atoms in total. The maximum atomic E-state index is 10.3. The minimum absolute atomic E-state index is 0.583. The molecule has 1 N–H and O–H groups in total. The van der Waals surface area contributed by atoms with E-state index in [1.54, 1.807) is 6.92 Å². The van der Waals surface area contributed by atoms with Crippen molar-refractivity contribution in [3.63, 3.8) is 0 Å². The van der Waals surface area contributed by atoms with Gasteiger partial charge in [0.2, 0.25) is 0 Å². The molecule has 0 spiro atoms. The number of hydrogen-bond acceptors (Lipinski definition) is 3. The standard InChI is InChI=1S/C8H8N2O2/c1-6(4-8(11)12)7-5-9-2-3-10-7/h2-5H,1H3,(H,11,12). The van der Waals surface area contributed by atoms with E-state index in [-0.39, 0.29) is 0 Å². The van der Waals surface area contributed by atoms with Gasteiger partial charge in [0.1, 0.15) is 0 Å². The lowest BCUT2D eigenvalue weighted by molar-refractivity contribution is -0.131. The fraction of sp³-hybridized carbons (Fsp3) is 0.125. The number of aromatic nitrogens is 2. The number of nitrogens with zero attached hydrogens (tertiary/aromatic N) is 2. The number of hydrogen-bond donors (Lipinski definition) is 1. The van der Waals surface area contributed by atoms with Crippen LogP contribution in [0.5, 0.6) is 0 Å². The molecule has 0 aliphatic carbocycles. The lowest BCUT2D eigenvalue weighted by Gasteiger charge is -1.95. The second kappa shape index (κ2) is 3.61. The number of carboxylic acids is 1. The summed E-state index contributed by atoms with van der Waals surface area (Å²) < 4.78 is 0. The summed E-state index contributed by atoms with van der Waals surface area (Å²) in [5.41, 5.74) is 1.18. The fourth-order valence-corrected chi connectivity index (χ4v) is 0.762. The van der Waals surface area contributed by atoms with Gasteiger partial charge in [-0.05, 0) is 12.5 Å². The Hall–Kier alpha value is -1.71. The molecule has 0 aliphatic heterocycles. The molecule has 0 radical (unpaired) electrons. The van der Waals surface area contributed by atoms with Crippen molar-refractivity contribution in [3.05, 3.63) is 30.4 Å². The predicted octanol–water partition coefficient (Wildman–Crippen LogP) is 0.964. The molecule has 12 heavy (non-hydrogen) atoms. The first-order valence-electron chi connectivity index (χ1n) is 3.38. The number of allylic oxidation sites excluding steroid dienone is 1. The summed E-state index contributed by atoms with van der Waals surface area (Å²) in [6.07, 6.45) is 5.69. The highest BCUT2D eigenvalue weighted by molar-refractivity contribution is 5.88. The van der Waals surface area contributed by atoms with Crippen molar-refractivity contribution >= 4 is 11.5 Å². The monoisotopic (exact) mass is 164 g/mol. The molecule has 0 aromatic carbocycles. The van der Waals surface area contributed by atoms with Crippen LogP contribution < -0.4 is 0 Å². The molecule has 0 saturated carbocycles. The molecule has 0 saturated heterocycles. The number of aliphatic carboxylic acids is 1. The third-order valence-electron chi connectivity index (χ3n) is 1.31. The van der Waals surface area contributed by atoms with Crippen LogP contribution in [0.4, 0.5) is 0 Å². The molecule has 0 bridgehead atoms. The minimum atomic E-state index is -0.974. The van der Waals surface area contributed by atoms with Crippen molar-refractivity contribution in [2.45, 2.75) is 6.92 Å². The number of carboxylic acid groups (broad SMARTS) is 1. The fourth-order valence-electron chi connectivity index (χ4n) is 0.762. The second-order valence-corrected chi connectivity index (χ2v) is 2.26. The van der Waals surface area contributed by atoms with Gasteiger partial charge in [0.25, 0.3) is 0 Å². The Morgan fingerprint density at radius 2 is 2.33 bits per heavy atom. The van der Waals surface area contributed by atoms with Crippen molar-refractivity contribution in [2.75, 3.05) is 0 Å². The molecule has 62 valence electrons. The summed E-state index contributed by atoms with van der Waals surface area (Å²) in [5.74, 6) is -0.974. The van der Waals surface area contributed by atoms with Gasteiger partial charge in [-0.25, -0.2) is 4.79 Å². The molecule has 4 heteroatoms. The summed E-state index contributed by atoms with van der Waals surface area (Å²) in [5, 5.41) is 8.42. The van der Waals surface area contributed by atoms with Crippen LogP contribution in [0.2, 0.25) is 0 Å². The summed E-state index contributed by atoms with van der Waals surface area (Å²) in [4.78, 5) is 18.0. The van der Waals surface area contributed by atoms with E-state index in [2.05, 4.69) is 9.97 Å². The van der Waals surface area contributed by atoms with E-state index in [1.165, 1.54) is 18.6 Å². The lowest BCUT2D eigenvalue weighted by Crippen LogP contribution is -1.92. The van der Waals surface area contributed by atoms with Gasteiger partial charge in [0.15, 0.2) is 0 Å². The summed E-state index contributed by atoms with van der Waals surface area (Å²) in [7, 11) is 0. The Kier molecular flexibility index (Phi) is 2.53. The molecule has 1 rings (SSSR count). The van der Waals surface area contributed by atoms with Crippen LogP contribution in [0, 0.1) is 0 Å². The Balaban J connectivity index is 2.93. The molecule has 1 aromatic rings. The first-order chi connectivity index (χ1) is 5.70. The normalized spacial score (nSPS) is 11.2. The van der Waals surface area contributed by atoms with E-state index in [0.717, 1.165) is 6.08 Å².